The number of likely N-dealkylation sites (N-methyl/N-ethyl adjacent to an activating group) is 1. The molecule has 0 aliphatic carbocycles. The second-order valence-electron chi connectivity index (χ2n) is 5.58. The highest BCUT2D eigenvalue weighted by Crippen LogP contribution is 2.24. The van der Waals surface area contributed by atoms with Gasteiger partial charge in [0.15, 0.2) is 0 Å². The Balaban J connectivity index is 1.72. The van der Waals surface area contributed by atoms with Gasteiger partial charge in [0.05, 0.1) is 11.6 Å². The summed E-state index contributed by atoms with van der Waals surface area (Å²) in [5.74, 6) is 0.960. The van der Waals surface area contributed by atoms with Crippen LogP contribution >= 0.6 is 0 Å². The molecule has 5 nitrogen and oxygen atoms in total. The average molecular weight is 293 g/mol. The standard InChI is InChI=1S/C17H19N5/c1-21(17-8-9-19-13-20-17)16-3-2-10-22(12-16)15-6-4-14(11-18)5-7-15/h4-9,13,16H,2-3,10,12H2,1H3. The van der Waals surface area contributed by atoms with E-state index in [0.29, 0.717) is 11.6 Å². The Morgan fingerprint density at radius 2 is 2.09 bits per heavy atom. The predicted octanol–water partition coefficient (Wildman–Crippen LogP) is 2.45. The van der Waals surface area contributed by atoms with Crippen molar-refractivity contribution in [1.29, 1.82) is 5.26 Å². The molecule has 3 rings (SSSR count). The fraction of sp³-hybridized carbons (Fsp3) is 0.353. The minimum Gasteiger partial charge on any atom is -0.369 e. The SMILES string of the molecule is CN(c1ccncn1)C1CCCN(c2ccc(C#N)cc2)C1. The summed E-state index contributed by atoms with van der Waals surface area (Å²) in [5, 5.41) is 8.90. The monoisotopic (exact) mass is 293 g/mol. The summed E-state index contributed by atoms with van der Waals surface area (Å²) in [5.41, 5.74) is 1.88. The molecule has 1 aromatic heterocycles. The van der Waals surface area contributed by atoms with Crippen molar-refractivity contribution in [3.05, 3.63) is 48.4 Å². The molecule has 1 aliphatic rings. The molecule has 112 valence electrons. The van der Waals surface area contributed by atoms with E-state index in [1.165, 1.54) is 5.69 Å². The highest BCUT2D eigenvalue weighted by atomic mass is 15.3. The van der Waals surface area contributed by atoms with Crippen LogP contribution in [0.1, 0.15) is 18.4 Å². The van der Waals surface area contributed by atoms with E-state index in [4.69, 9.17) is 5.26 Å². The van der Waals surface area contributed by atoms with Gasteiger partial charge < -0.3 is 9.80 Å². The van der Waals surface area contributed by atoms with E-state index in [-0.39, 0.29) is 0 Å². The molecule has 1 aliphatic heterocycles. The second-order valence-corrected chi connectivity index (χ2v) is 5.58. The van der Waals surface area contributed by atoms with Crippen LogP contribution in [-0.4, -0.2) is 36.1 Å². The van der Waals surface area contributed by atoms with Gasteiger partial charge in [0.1, 0.15) is 12.1 Å². The smallest absolute Gasteiger partial charge is 0.131 e. The lowest BCUT2D eigenvalue weighted by Gasteiger charge is -2.39. The molecule has 1 saturated heterocycles. The van der Waals surface area contributed by atoms with E-state index in [1.54, 1.807) is 12.5 Å². The maximum atomic E-state index is 8.90. The molecule has 2 aromatic rings. The minimum absolute atomic E-state index is 0.430. The minimum atomic E-state index is 0.430. The van der Waals surface area contributed by atoms with Gasteiger partial charge in [-0.15, -0.1) is 0 Å². The molecule has 0 bridgehead atoms. The van der Waals surface area contributed by atoms with Crippen LogP contribution in [0.5, 0.6) is 0 Å². The van der Waals surface area contributed by atoms with Crippen molar-refractivity contribution in [2.45, 2.75) is 18.9 Å². The van der Waals surface area contributed by atoms with E-state index in [1.807, 2.05) is 30.3 Å². The van der Waals surface area contributed by atoms with Crippen molar-refractivity contribution in [1.82, 2.24) is 9.97 Å². The van der Waals surface area contributed by atoms with E-state index in [9.17, 15) is 0 Å². The van der Waals surface area contributed by atoms with Gasteiger partial charge >= 0.3 is 0 Å². The Kier molecular flexibility index (Phi) is 4.19. The third kappa shape index (κ3) is 3.01. The lowest BCUT2D eigenvalue weighted by molar-refractivity contribution is 0.486. The molecule has 2 heterocycles. The van der Waals surface area contributed by atoms with Crippen LogP contribution in [0.25, 0.3) is 0 Å². The summed E-state index contributed by atoms with van der Waals surface area (Å²) in [4.78, 5) is 12.9. The zero-order valence-corrected chi connectivity index (χ0v) is 12.7. The van der Waals surface area contributed by atoms with Gasteiger partial charge in [-0.25, -0.2) is 9.97 Å². The van der Waals surface area contributed by atoms with Crippen LogP contribution in [0.3, 0.4) is 0 Å². The first-order valence-corrected chi connectivity index (χ1v) is 7.52. The first-order chi connectivity index (χ1) is 10.8. The summed E-state index contributed by atoms with van der Waals surface area (Å²) < 4.78 is 0. The molecule has 0 N–H and O–H groups in total. The Hall–Kier alpha value is -2.61. The first-order valence-electron chi connectivity index (χ1n) is 7.52. The van der Waals surface area contributed by atoms with Crippen molar-refractivity contribution >= 4 is 11.5 Å². The molecule has 0 saturated carbocycles. The number of aromatic nitrogens is 2. The Morgan fingerprint density at radius 3 is 2.77 bits per heavy atom. The van der Waals surface area contributed by atoms with E-state index < -0.39 is 0 Å². The van der Waals surface area contributed by atoms with Crippen molar-refractivity contribution in [3.8, 4) is 6.07 Å². The summed E-state index contributed by atoms with van der Waals surface area (Å²) in [6, 6.07) is 12.4. The van der Waals surface area contributed by atoms with Crippen LogP contribution in [0, 0.1) is 11.3 Å². The Bertz CT molecular complexity index is 647. The van der Waals surface area contributed by atoms with Gasteiger partial charge in [0.25, 0.3) is 0 Å². The Labute approximate surface area is 130 Å². The molecule has 22 heavy (non-hydrogen) atoms. The van der Waals surface area contributed by atoms with Crippen molar-refractivity contribution in [3.63, 3.8) is 0 Å². The van der Waals surface area contributed by atoms with Crippen molar-refractivity contribution in [2.75, 3.05) is 29.9 Å². The molecule has 0 radical (unpaired) electrons. The van der Waals surface area contributed by atoms with Gasteiger partial charge in [0.2, 0.25) is 0 Å². The molecule has 1 unspecified atom stereocenters. The van der Waals surface area contributed by atoms with Crippen molar-refractivity contribution < 1.29 is 0 Å². The number of benzene rings is 1. The van der Waals surface area contributed by atoms with Gasteiger partial charge in [-0.05, 0) is 43.2 Å². The highest BCUT2D eigenvalue weighted by molar-refractivity contribution is 5.51. The third-order valence-corrected chi connectivity index (χ3v) is 4.23. The van der Waals surface area contributed by atoms with Crippen LogP contribution in [0.15, 0.2) is 42.9 Å². The lowest BCUT2D eigenvalue weighted by atomic mass is 10.0. The lowest BCUT2D eigenvalue weighted by Crippen LogP contribution is -2.47. The number of piperidine rings is 1. The molecule has 1 aromatic carbocycles. The maximum Gasteiger partial charge on any atom is 0.131 e. The maximum absolute atomic E-state index is 8.90. The summed E-state index contributed by atoms with van der Waals surface area (Å²) in [6.45, 7) is 2.02. The summed E-state index contributed by atoms with van der Waals surface area (Å²) in [7, 11) is 2.09. The van der Waals surface area contributed by atoms with Gasteiger partial charge in [0, 0.05) is 38.1 Å². The molecule has 0 spiro atoms. The molecular formula is C17H19N5. The quantitative estimate of drug-likeness (QED) is 0.870. The topological polar surface area (TPSA) is 56.1 Å². The number of hydrogen-bond acceptors (Lipinski definition) is 5. The molecule has 0 amide bonds. The fourth-order valence-electron chi connectivity index (χ4n) is 2.93. The fourth-order valence-corrected chi connectivity index (χ4v) is 2.93. The zero-order valence-electron chi connectivity index (χ0n) is 12.7. The van der Waals surface area contributed by atoms with Crippen LogP contribution in [0.4, 0.5) is 11.5 Å². The average Bonchev–Trinajstić information content (AvgIpc) is 2.62. The second kappa shape index (κ2) is 6.44. The van der Waals surface area contributed by atoms with E-state index in [2.05, 4.69) is 32.9 Å². The number of nitrogens with zero attached hydrogens (tertiary/aromatic N) is 5. The number of hydrogen-bond donors (Lipinski definition) is 0. The predicted molar refractivity (Wildman–Crippen MR) is 86.8 cm³/mol. The van der Waals surface area contributed by atoms with E-state index >= 15 is 0 Å². The number of nitriles is 1. The first kappa shape index (κ1) is 14.3. The summed E-state index contributed by atoms with van der Waals surface area (Å²) >= 11 is 0. The van der Waals surface area contributed by atoms with Gasteiger partial charge in [-0.1, -0.05) is 0 Å². The molecule has 1 atom stereocenters. The largest absolute Gasteiger partial charge is 0.369 e. The highest BCUT2D eigenvalue weighted by Gasteiger charge is 2.24. The van der Waals surface area contributed by atoms with Crippen LogP contribution in [-0.2, 0) is 0 Å². The van der Waals surface area contributed by atoms with Gasteiger partial charge in [-0.2, -0.15) is 5.26 Å². The third-order valence-electron chi connectivity index (χ3n) is 4.23. The molecular weight excluding hydrogens is 274 g/mol. The van der Waals surface area contributed by atoms with Crippen LogP contribution in [0.2, 0.25) is 0 Å². The zero-order chi connectivity index (χ0) is 15.4. The van der Waals surface area contributed by atoms with Crippen LogP contribution < -0.4 is 9.80 Å². The molecule has 1 fully saturated rings. The summed E-state index contributed by atoms with van der Waals surface area (Å²) in [6.07, 6.45) is 5.68. The molecule has 5 heteroatoms. The number of rotatable bonds is 3. The Morgan fingerprint density at radius 1 is 1.27 bits per heavy atom. The van der Waals surface area contributed by atoms with Crippen molar-refractivity contribution in [2.24, 2.45) is 0 Å². The normalized spacial score (nSPS) is 17.8. The van der Waals surface area contributed by atoms with Gasteiger partial charge in [-0.3, -0.25) is 0 Å². The van der Waals surface area contributed by atoms with E-state index in [0.717, 1.165) is 31.7 Å². The number of anilines is 2.